The molecule has 3 rings (SSSR count). The molecule has 1 saturated heterocycles. The fourth-order valence-electron chi connectivity index (χ4n) is 3.25. The van der Waals surface area contributed by atoms with Gasteiger partial charge in [0, 0.05) is 17.3 Å². The zero-order chi connectivity index (χ0) is 17.6. The predicted molar refractivity (Wildman–Crippen MR) is 102 cm³/mol. The van der Waals surface area contributed by atoms with Gasteiger partial charge in [-0.2, -0.15) is 0 Å². The summed E-state index contributed by atoms with van der Waals surface area (Å²) in [4.78, 5) is 15.9. The second-order valence-corrected chi connectivity index (χ2v) is 7.04. The number of carbonyl (C=O) groups is 1. The number of benzene rings is 2. The van der Waals surface area contributed by atoms with Crippen molar-refractivity contribution in [2.24, 2.45) is 0 Å². The van der Waals surface area contributed by atoms with Crippen LogP contribution in [0.3, 0.4) is 0 Å². The van der Waals surface area contributed by atoms with Crippen molar-refractivity contribution in [1.82, 2.24) is 5.32 Å². The van der Waals surface area contributed by atoms with Crippen molar-refractivity contribution < 1.29 is 9.69 Å². The number of hydrogen-bond donors (Lipinski definition) is 2. The van der Waals surface area contributed by atoms with Crippen LogP contribution in [-0.2, 0) is 11.3 Å². The van der Waals surface area contributed by atoms with Gasteiger partial charge in [0.15, 0.2) is 6.54 Å². The fraction of sp³-hybridized carbons (Fsp3) is 0.350. The lowest BCUT2D eigenvalue weighted by atomic mass is 10.1. The quantitative estimate of drug-likeness (QED) is 0.853. The number of piperazine rings is 1. The summed E-state index contributed by atoms with van der Waals surface area (Å²) in [6.07, 6.45) is 0. The van der Waals surface area contributed by atoms with Crippen LogP contribution in [0.25, 0.3) is 0 Å². The standard InChI is InChI=1S/C20H24ClN3O/c1-16-7-8-18(21)13-19(16)24-11-9-23(10-12-24)15-20(25)22-14-17-5-3-2-4-6-17/h2-8,13H,9-12,14-15H2,1H3,(H,22,25)/p+1. The van der Waals surface area contributed by atoms with E-state index in [-0.39, 0.29) is 5.91 Å². The van der Waals surface area contributed by atoms with Gasteiger partial charge in [0.1, 0.15) is 0 Å². The Hall–Kier alpha value is -2.04. The van der Waals surface area contributed by atoms with Crippen LogP contribution < -0.4 is 15.1 Å². The molecule has 0 saturated carbocycles. The topological polar surface area (TPSA) is 36.8 Å². The molecular weight excluding hydrogens is 334 g/mol. The number of anilines is 1. The van der Waals surface area contributed by atoms with Crippen LogP contribution in [0.15, 0.2) is 48.5 Å². The molecule has 0 atom stereocenters. The first-order valence-electron chi connectivity index (χ1n) is 8.77. The van der Waals surface area contributed by atoms with Gasteiger partial charge in [-0.3, -0.25) is 4.79 Å². The summed E-state index contributed by atoms with van der Waals surface area (Å²) in [5, 5.41) is 3.79. The van der Waals surface area contributed by atoms with Crippen LogP contribution in [0, 0.1) is 6.92 Å². The Morgan fingerprint density at radius 1 is 1.16 bits per heavy atom. The Labute approximate surface area is 154 Å². The molecule has 0 aromatic heterocycles. The van der Waals surface area contributed by atoms with Crippen molar-refractivity contribution in [1.29, 1.82) is 0 Å². The molecule has 1 aliphatic heterocycles. The van der Waals surface area contributed by atoms with Crippen molar-refractivity contribution >= 4 is 23.2 Å². The number of nitrogens with zero attached hydrogens (tertiary/aromatic N) is 1. The summed E-state index contributed by atoms with van der Waals surface area (Å²) in [6, 6.07) is 16.0. The monoisotopic (exact) mass is 358 g/mol. The smallest absolute Gasteiger partial charge is 0.275 e. The number of nitrogens with one attached hydrogen (secondary N) is 2. The number of quaternary nitrogens is 1. The lowest BCUT2D eigenvalue weighted by Crippen LogP contribution is -3.15. The fourth-order valence-corrected chi connectivity index (χ4v) is 3.42. The number of halogens is 1. The highest BCUT2D eigenvalue weighted by Gasteiger charge is 2.23. The summed E-state index contributed by atoms with van der Waals surface area (Å²) in [7, 11) is 0. The average Bonchev–Trinajstić information content (AvgIpc) is 2.64. The number of amides is 1. The maximum absolute atomic E-state index is 12.2. The van der Waals surface area contributed by atoms with E-state index in [9.17, 15) is 4.79 Å². The Kier molecular flexibility index (Phi) is 5.95. The number of rotatable bonds is 5. The summed E-state index contributed by atoms with van der Waals surface area (Å²) < 4.78 is 0. The molecule has 0 bridgehead atoms. The zero-order valence-corrected chi connectivity index (χ0v) is 15.4. The van der Waals surface area contributed by atoms with Gasteiger partial charge < -0.3 is 15.1 Å². The molecular formula is C20H25ClN3O+. The molecule has 2 N–H and O–H groups in total. The second-order valence-electron chi connectivity index (χ2n) is 6.61. The van der Waals surface area contributed by atoms with Crippen molar-refractivity contribution in [3.8, 4) is 0 Å². The average molecular weight is 359 g/mol. The normalized spacial score (nSPS) is 15.2. The molecule has 1 amide bonds. The number of aryl methyl sites for hydroxylation is 1. The molecule has 2 aromatic rings. The number of carbonyl (C=O) groups excluding carboxylic acids is 1. The highest BCUT2D eigenvalue weighted by molar-refractivity contribution is 6.30. The SMILES string of the molecule is Cc1ccc(Cl)cc1N1CC[NH+](CC(=O)NCc2ccccc2)CC1. The zero-order valence-electron chi connectivity index (χ0n) is 14.6. The van der Waals surface area contributed by atoms with Crippen LogP contribution in [0.5, 0.6) is 0 Å². The van der Waals surface area contributed by atoms with Gasteiger partial charge >= 0.3 is 0 Å². The van der Waals surface area contributed by atoms with E-state index in [1.165, 1.54) is 16.2 Å². The molecule has 132 valence electrons. The van der Waals surface area contributed by atoms with Crippen LogP contribution in [-0.4, -0.2) is 38.6 Å². The van der Waals surface area contributed by atoms with Crippen LogP contribution in [0.1, 0.15) is 11.1 Å². The molecule has 0 spiro atoms. The van der Waals surface area contributed by atoms with E-state index in [1.54, 1.807) is 0 Å². The van der Waals surface area contributed by atoms with E-state index in [0.29, 0.717) is 13.1 Å². The van der Waals surface area contributed by atoms with Gasteiger partial charge in [-0.05, 0) is 30.2 Å². The van der Waals surface area contributed by atoms with E-state index < -0.39 is 0 Å². The first kappa shape index (κ1) is 17.8. The van der Waals surface area contributed by atoms with Crippen LogP contribution in [0.2, 0.25) is 5.02 Å². The Bertz CT molecular complexity index is 712. The third-order valence-corrected chi connectivity index (χ3v) is 4.96. The minimum Gasteiger partial charge on any atom is -0.360 e. The van der Waals surface area contributed by atoms with E-state index in [1.807, 2.05) is 42.5 Å². The molecule has 1 fully saturated rings. The lowest BCUT2D eigenvalue weighted by Gasteiger charge is -2.34. The maximum atomic E-state index is 12.2. The molecule has 25 heavy (non-hydrogen) atoms. The Morgan fingerprint density at radius 2 is 1.88 bits per heavy atom. The van der Waals surface area contributed by atoms with Gasteiger partial charge in [-0.25, -0.2) is 0 Å². The molecule has 4 nitrogen and oxygen atoms in total. The third-order valence-electron chi connectivity index (χ3n) is 4.73. The maximum Gasteiger partial charge on any atom is 0.275 e. The molecule has 5 heteroatoms. The van der Waals surface area contributed by atoms with Gasteiger partial charge in [0.2, 0.25) is 0 Å². The summed E-state index contributed by atoms with van der Waals surface area (Å²) in [6.45, 7) is 7.07. The highest BCUT2D eigenvalue weighted by atomic mass is 35.5. The molecule has 0 radical (unpaired) electrons. The van der Waals surface area contributed by atoms with E-state index >= 15 is 0 Å². The van der Waals surface area contributed by atoms with Gasteiger partial charge in [0.25, 0.3) is 5.91 Å². The Morgan fingerprint density at radius 3 is 2.60 bits per heavy atom. The van der Waals surface area contributed by atoms with Gasteiger partial charge in [0.05, 0.1) is 26.2 Å². The van der Waals surface area contributed by atoms with E-state index in [0.717, 1.165) is 36.8 Å². The Balaban J connectivity index is 1.46. The van der Waals surface area contributed by atoms with E-state index in [4.69, 9.17) is 11.6 Å². The summed E-state index contributed by atoms with van der Waals surface area (Å²) in [5.74, 6) is 0.117. The third kappa shape index (κ3) is 4.97. The van der Waals surface area contributed by atoms with Crippen LogP contribution in [0.4, 0.5) is 5.69 Å². The highest BCUT2D eigenvalue weighted by Crippen LogP contribution is 2.24. The molecule has 1 heterocycles. The minimum absolute atomic E-state index is 0.117. The summed E-state index contributed by atoms with van der Waals surface area (Å²) >= 11 is 6.13. The number of hydrogen-bond acceptors (Lipinski definition) is 2. The first-order chi connectivity index (χ1) is 12.1. The van der Waals surface area contributed by atoms with Crippen molar-refractivity contribution in [2.75, 3.05) is 37.6 Å². The minimum atomic E-state index is 0.117. The first-order valence-corrected chi connectivity index (χ1v) is 9.15. The summed E-state index contributed by atoms with van der Waals surface area (Å²) in [5.41, 5.74) is 3.58. The van der Waals surface area contributed by atoms with Crippen LogP contribution >= 0.6 is 11.6 Å². The second kappa shape index (κ2) is 8.37. The van der Waals surface area contributed by atoms with E-state index in [2.05, 4.69) is 23.2 Å². The molecule has 0 unspecified atom stereocenters. The molecule has 0 aliphatic carbocycles. The molecule has 1 aliphatic rings. The largest absolute Gasteiger partial charge is 0.360 e. The lowest BCUT2D eigenvalue weighted by molar-refractivity contribution is -0.892. The van der Waals surface area contributed by atoms with Gasteiger partial charge in [-0.15, -0.1) is 0 Å². The van der Waals surface area contributed by atoms with Crippen molar-refractivity contribution in [3.63, 3.8) is 0 Å². The molecule has 2 aromatic carbocycles. The predicted octanol–water partition coefficient (Wildman–Crippen LogP) is 1.67. The van der Waals surface area contributed by atoms with Crippen molar-refractivity contribution in [3.05, 3.63) is 64.7 Å². The van der Waals surface area contributed by atoms with Crippen molar-refractivity contribution in [2.45, 2.75) is 13.5 Å². The van der Waals surface area contributed by atoms with Gasteiger partial charge in [-0.1, -0.05) is 48.0 Å².